The Hall–Kier alpha value is -1.55. The van der Waals surface area contributed by atoms with Gasteiger partial charge in [0.15, 0.2) is 6.10 Å². The van der Waals surface area contributed by atoms with Crippen LogP contribution in [0.1, 0.15) is 18.9 Å². The topological polar surface area (TPSA) is 55.8 Å². The second-order valence-corrected chi connectivity index (χ2v) is 3.39. The lowest BCUT2D eigenvalue weighted by Gasteiger charge is -2.11. The fourth-order valence-corrected chi connectivity index (χ4v) is 1.28. The first kappa shape index (κ1) is 12.5. The van der Waals surface area contributed by atoms with Crippen LogP contribution in [0.3, 0.4) is 0 Å². The van der Waals surface area contributed by atoms with Crippen molar-refractivity contribution in [1.82, 2.24) is 0 Å². The number of carbonyl (C=O) groups is 1. The van der Waals surface area contributed by atoms with Crippen molar-refractivity contribution in [3.8, 4) is 5.75 Å². The van der Waals surface area contributed by atoms with Crippen molar-refractivity contribution < 1.29 is 19.4 Å². The summed E-state index contributed by atoms with van der Waals surface area (Å²) in [5.74, 6) is -0.148. The van der Waals surface area contributed by atoms with Gasteiger partial charge >= 0.3 is 5.97 Å². The molecule has 4 nitrogen and oxygen atoms in total. The molecular weight excluding hydrogens is 208 g/mol. The minimum absolute atomic E-state index is 0.300. The molecule has 1 aromatic rings. The summed E-state index contributed by atoms with van der Waals surface area (Å²) in [5.41, 5.74) is 0.931. The van der Waals surface area contributed by atoms with Gasteiger partial charge in [-0.1, -0.05) is 19.1 Å². The molecule has 4 heteroatoms. The first-order valence-corrected chi connectivity index (χ1v) is 5.14. The van der Waals surface area contributed by atoms with Gasteiger partial charge in [0.05, 0.1) is 13.7 Å². The number of carboxylic acid groups (broad SMARTS) is 1. The number of methoxy groups -OCH3 is 1. The molecule has 0 spiro atoms. The van der Waals surface area contributed by atoms with E-state index in [1.54, 1.807) is 14.0 Å². The molecule has 0 aliphatic heterocycles. The van der Waals surface area contributed by atoms with Gasteiger partial charge in [-0.25, -0.2) is 4.79 Å². The summed E-state index contributed by atoms with van der Waals surface area (Å²) >= 11 is 0. The van der Waals surface area contributed by atoms with Crippen molar-refractivity contribution in [3.63, 3.8) is 0 Å². The zero-order valence-corrected chi connectivity index (χ0v) is 9.47. The van der Waals surface area contributed by atoms with E-state index in [1.807, 2.05) is 24.3 Å². The van der Waals surface area contributed by atoms with Crippen LogP contribution in [0.5, 0.6) is 5.75 Å². The largest absolute Gasteiger partial charge is 0.497 e. The van der Waals surface area contributed by atoms with E-state index in [1.165, 1.54) is 0 Å². The Balaban J connectivity index is 2.50. The predicted molar refractivity (Wildman–Crippen MR) is 59.5 cm³/mol. The molecule has 0 bridgehead atoms. The van der Waals surface area contributed by atoms with Gasteiger partial charge in [-0.2, -0.15) is 0 Å². The van der Waals surface area contributed by atoms with Gasteiger partial charge in [-0.3, -0.25) is 0 Å². The van der Waals surface area contributed by atoms with Gasteiger partial charge in [0.1, 0.15) is 5.75 Å². The van der Waals surface area contributed by atoms with Crippen molar-refractivity contribution in [2.75, 3.05) is 7.11 Å². The molecule has 1 unspecified atom stereocenters. The van der Waals surface area contributed by atoms with Crippen molar-refractivity contribution in [2.45, 2.75) is 26.1 Å². The quantitative estimate of drug-likeness (QED) is 0.803. The number of hydrogen-bond acceptors (Lipinski definition) is 3. The van der Waals surface area contributed by atoms with E-state index in [9.17, 15) is 4.79 Å². The normalized spacial score (nSPS) is 12.1. The second-order valence-electron chi connectivity index (χ2n) is 3.39. The lowest BCUT2D eigenvalue weighted by Crippen LogP contribution is -2.22. The summed E-state index contributed by atoms with van der Waals surface area (Å²) in [4.78, 5) is 10.7. The van der Waals surface area contributed by atoms with Gasteiger partial charge in [0, 0.05) is 0 Å². The van der Waals surface area contributed by atoms with Crippen molar-refractivity contribution >= 4 is 5.97 Å². The maximum absolute atomic E-state index is 10.7. The lowest BCUT2D eigenvalue weighted by atomic mass is 10.2. The van der Waals surface area contributed by atoms with E-state index < -0.39 is 12.1 Å². The van der Waals surface area contributed by atoms with E-state index in [0.29, 0.717) is 13.0 Å². The minimum atomic E-state index is -0.920. The summed E-state index contributed by atoms with van der Waals surface area (Å²) in [7, 11) is 1.60. The van der Waals surface area contributed by atoms with Crippen LogP contribution in [0.2, 0.25) is 0 Å². The molecule has 1 aromatic carbocycles. The third-order valence-electron chi connectivity index (χ3n) is 2.26. The maximum atomic E-state index is 10.7. The highest BCUT2D eigenvalue weighted by Crippen LogP contribution is 2.13. The molecule has 1 atom stereocenters. The molecule has 1 N–H and O–H groups in total. The average molecular weight is 224 g/mol. The van der Waals surface area contributed by atoms with E-state index in [2.05, 4.69) is 0 Å². The molecule has 0 saturated carbocycles. The minimum Gasteiger partial charge on any atom is -0.497 e. The molecule has 0 radical (unpaired) electrons. The Kier molecular flexibility index (Phi) is 4.79. The Bertz CT molecular complexity index is 331. The summed E-state index contributed by atoms with van der Waals surface area (Å²) in [6, 6.07) is 7.35. The van der Waals surface area contributed by atoms with Gasteiger partial charge < -0.3 is 14.6 Å². The van der Waals surface area contributed by atoms with E-state index in [4.69, 9.17) is 14.6 Å². The van der Waals surface area contributed by atoms with E-state index >= 15 is 0 Å². The van der Waals surface area contributed by atoms with Crippen LogP contribution >= 0.6 is 0 Å². The number of benzene rings is 1. The van der Waals surface area contributed by atoms with Gasteiger partial charge in [0.2, 0.25) is 0 Å². The van der Waals surface area contributed by atoms with Crippen LogP contribution in [0.4, 0.5) is 0 Å². The zero-order chi connectivity index (χ0) is 12.0. The van der Waals surface area contributed by atoms with Crippen molar-refractivity contribution in [3.05, 3.63) is 29.8 Å². The average Bonchev–Trinajstić information content (AvgIpc) is 2.30. The third kappa shape index (κ3) is 3.55. The molecule has 0 heterocycles. The van der Waals surface area contributed by atoms with Crippen LogP contribution in [-0.4, -0.2) is 24.3 Å². The number of aliphatic carboxylic acids is 1. The van der Waals surface area contributed by atoms with E-state index in [0.717, 1.165) is 11.3 Å². The number of carboxylic acids is 1. The molecule has 1 rings (SSSR count). The molecule has 16 heavy (non-hydrogen) atoms. The third-order valence-corrected chi connectivity index (χ3v) is 2.26. The highest BCUT2D eigenvalue weighted by atomic mass is 16.5. The number of hydrogen-bond donors (Lipinski definition) is 1. The van der Waals surface area contributed by atoms with Gasteiger partial charge in [-0.15, -0.1) is 0 Å². The molecule has 0 saturated heterocycles. The number of ether oxygens (including phenoxy) is 2. The second kappa shape index (κ2) is 6.12. The Morgan fingerprint density at radius 1 is 1.38 bits per heavy atom. The van der Waals surface area contributed by atoms with Crippen LogP contribution in [-0.2, 0) is 16.1 Å². The zero-order valence-electron chi connectivity index (χ0n) is 9.47. The highest BCUT2D eigenvalue weighted by Gasteiger charge is 2.14. The first-order chi connectivity index (χ1) is 7.67. The van der Waals surface area contributed by atoms with Crippen molar-refractivity contribution in [2.24, 2.45) is 0 Å². The molecule has 0 aromatic heterocycles. The van der Waals surface area contributed by atoms with Crippen LogP contribution in [0.25, 0.3) is 0 Å². The van der Waals surface area contributed by atoms with Crippen LogP contribution < -0.4 is 4.74 Å². The molecule has 88 valence electrons. The lowest BCUT2D eigenvalue weighted by molar-refractivity contribution is -0.151. The Morgan fingerprint density at radius 3 is 2.44 bits per heavy atom. The molecule has 0 aliphatic rings. The summed E-state index contributed by atoms with van der Waals surface area (Å²) < 4.78 is 10.3. The molecule has 0 aliphatic carbocycles. The van der Waals surface area contributed by atoms with Gasteiger partial charge in [0.25, 0.3) is 0 Å². The van der Waals surface area contributed by atoms with Crippen molar-refractivity contribution in [1.29, 1.82) is 0 Å². The molecule has 0 fully saturated rings. The van der Waals surface area contributed by atoms with Crippen LogP contribution in [0, 0.1) is 0 Å². The Morgan fingerprint density at radius 2 is 2.00 bits per heavy atom. The predicted octanol–water partition coefficient (Wildman–Crippen LogP) is 2.07. The summed E-state index contributed by atoms with van der Waals surface area (Å²) in [5, 5.41) is 8.79. The monoisotopic (exact) mass is 224 g/mol. The standard InChI is InChI=1S/C12H16O4/c1-3-11(12(13)14)16-8-9-4-6-10(15-2)7-5-9/h4-7,11H,3,8H2,1-2H3,(H,13,14). The van der Waals surface area contributed by atoms with Crippen LogP contribution in [0.15, 0.2) is 24.3 Å². The first-order valence-electron chi connectivity index (χ1n) is 5.14. The van der Waals surface area contributed by atoms with Gasteiger partial charge in [-0.05, 0) is 24.1 Å². The fourth-order valence-electron chi connectivity index (χ4n) is 1.28. The highest BCUT2D eigenvalue weighted by molar-refractivity contribution is 5.72. The molecular formula is C12H16O4. The summed E-state index contributed by atoms with van der Waals surface area (Å²) in [6.45, 7) is 2.08. The summed E-state index contributed by atoms with van der Waals surface area (Å²) in [6.07, 6.45) is -0.270. The Labute approximate surface area is 94.8 Å². The number of rotatable bonds is 6. The fraction of sp³-hybridized carbons (Fsp3) is 0.417. The molecule has 0 amide bonds. The maximum Gasteiger partial charge on any atom is 0.332 e. The van der Waals surface area contributed by atoms with E-state index in [-0.39, 0.29) is 0 Å². The smallest absolute Gasteiger partial charge is 0.332 e. The SMILES string of the molecule is CCC(OCc1ccc(OC)cc1)C(=O)O.